The van der Waals surface area contributed by atoms with Gasteiger partial charge in [0.2, 0.25) is 0 Å². The monoisotopic (exact) mass is 309 g/mol. The smallest absolute Gasteiger partial charge is 0.328 e. The number of ether oxygens (including phenoxy) is 1. The summed E-state index contributed by atoms with van der Waals surface area (Å²) in [6.07, 6.45) is 1.27. The van der Waals surface area contributed by atoms with Crippen molar-refractivity contribution in [3.8, 4) is 0 Å². The molecule has 1 heterocycles. The number of anilines is 1. The number of carbonyl (C=O) groups excluding carboxylic acids is 2. The molecule has 1 N–H and O–H groups in total. The van der Waals surface area contributed by atoms with E-state index in [9.17, 15) is 9.59 Å². The van der Waals surface area contributed by atoms with Gasteiger partial charge >= 0.3 is 5.97 Å². The highest BCUT2D eigenvalue weighted by Crippen LogP contribution is 2.19. The van der Waals surface area contributed by atoms with Gasteiger partial charge in [-0.05, 0) is 35.0 Å². The van der Waals surface area contributed by atoms with Crippen LogP contribution in [0.2, 0.25) is 5.02 Å². The van der Waals surface area contributed by atoms with Gasteiger partial charge in [-0.1, -0.05) is 17.7 Å². The first-order valence-corrected chi connectivity index (χ1v) is 6.35. The fourth-order valence-electron chi connectivity index (χ4n) is 1.44. The van der Waals surface area contributed by atoms with Crippen LogP contribution in [0.15, 0.2) is 24.5 Å². The zero-order valence-electron chi connectivity index (χ0n) is 11.1. The number of esters is 1. The Hall–Kier alpha value is -2.48. The zero-order chi connectivity index (χ0) is 15.2. The van der Waals surface area contributed by atoms with E-state index in [1.165, 1.54) is 11.0 Å². The maximum atomic E-state index is 11.6. The normalized spacial score (nSPS) is 10.2. The van der Waals surface area contributed by atoms with E-state index in [2.05, 4.69) is 20.8 Å². The van der Waals surface area contributed by atoms with Crippen molar-refractivity contribution in [3.63, 3.8) is 0 Å². The van der Waals surface area contributed by atoms with Gasteiger partial charge in [0.15, 0.2) is 6.61 Å². The predicted molar refractivity (Wildman–Crippen MR) is 73.6 cm³/mol. The maximum absolute atomic E-state index is 11.6. The number of tetrazole rings is 1. The van der Waals surface area contributed by atoms with Crippen LogP contribution in [0.3, 0.4) is 0 Å². The molecule has 1 amide bonds. The van der Waals surface area contributed by atoms with Gasteiger partial charge in [-0.2, -0.15) is 0 Å². The molecule has 8 nitrogen and oxygen atoms in total. The molecule has 21 heavy (non-hydrogen) atoms. The fourth-order valence-corrected chi connectivity index (χ4v) is 1.62. The summed E-state index contributed by atoms with van der Waals surface area (Å²) in [4.78, 5) is 23.1. The lowest BCUT2D eigenvalue weighted by Gasteiger charge is -2.07. The second-order valence-corrected chi connectivity index (χ2v) is 4.59. The summed E-state index contributed by atoms with van der Waals surface area (Å²) in [5, 5.41) is 13.4. The number of benzene rings is 1. The Bertz CT molecular complexity index is 644. The van der Waals surface area contributed by atoms with Crippen LogP contribution in [0.1, 0.15) is 5.56 Å². The molecule has 2 aromatic rings. The van der Waals surface area contributed by atoms with Crippen LogP contribution in [0, 0.1) is 6.92 Å². The van der Waals surface area contributed by atoms with Gasteiger partial charge in [-0.15, -0.1) is 5.10 Å². The van der Waals surface area contributed by atoms with E-state index in [0.29, 0.717) is 10.7 Å². The number of halogens is 1. The summed E-state index contributed by atoms with van der Waals surface area (Å²) in [6.45, 7) is 1.30. The molecular formula is C12H12ClN5O3. The standard InChI is InChI=1S/C12H12ClN5O3/c1-8-2-3-9(4-10(8)13)15-11(19)6-21-12(20)5-18-7-14-16-17-18/h2-4,7H,5-6H2,1H3,(H,15,19). The Labute approximate surface area is 125 Å². The lowest BCUT2D eigenvalue weighted by molar-refractivity contribution is -0.148. The molecule has 9 heteroatoms. The number of hydrogen-bond acceptors (Lipinski definition) is 6. The van der Waals surface area contributed by atoms with E-state index >= 15 is 0 Å². The minimum absolute atomic E-state index is 0.156. The van der Waals surface area contributed by atoms with Crippen molar-refractivity contribution in [1.82, 2.24) is 20.2 Å². The second-order valence-electron chi connectivity index (χ2n) is 4.18. The van der Waals surface area contributed by atoms with Crippen molar-refractivity contribution < 1.29 is 14.3 Å². The molecular weight excluding hydrogens is 298 g/mol. The van der Waals surface area contributed by atoms with Gasteiger partial charge in [0.05, 0.1) is 0 Å². The summed E-state index contributed by atoms with van der Waals surface area (Å²) in [6, 6.07) is 5.11. The third-order valence-electron chi connectivity index (χ3n) is 2.50. The number of hydrogen-bond donors (Lipinski definition) is 1. The SMILES string of the molecule is Cc1ccc(NC(=O)COC(=O)Cn2cnnn2)cc1Cl. The molecule has 0 aliphatic carbocycles. The number of nitrogens with zero attached hydrogens (tertiary/aromatic N) is 4. The van der Waals surface area contributed by atoms with Gasteiger partial charge in [0, 0.05) is 10.7 Å². The highest BCUT2D eigenvalue weighted by atomic mass is 35.5. The summed E-state index contributed by atoms with van der Waals surface area (Å²) in [5.41, 5.74) is 1.44. The molecule has 110 valence electrons. The van der Waals surface area contributed by atoms with Crippen molar-refractivity contribution in [2.24, 2.45) is 0 Å². The van der Waals surface area contributed by atoms with Crippen molar-refractivity contribution >= 4 is 29.2 Å². The quantitative estimate of drug-likeness (QED) is 0.821. The molecule has 0 unspecified atom stereocenters. The van der Waals surface area contributed by atoms with Gasteiger partial charge < -0.3 is 10.1 Å². The van der Waals surface area contributed by atoms with Crippen molar-refractivity contribution in [2.75, 3.05) is 11.9 Å². The average Bonchev–Trinajstić information content (AvgIpc) is 2.93. The number of rotatable bonds is 5. The van der Waals surface area contributed by atoms with Gasteiger partial charge in [-0.3, -0.25) is 9.59 Å². The Morgan fingerprint density at radius 1 is 1.43 bits per heavy atom. The van der Waals surface area contributed by atoms with Gasteiger partial charge in [0.25, 0.3) is 5.91 Å². The maximum Gasteiger partial charge on any atom is 0.328 e. The lowest BCUT2D eigenvalue weighted by atomic mass is 10.2. The topological polar surface area (TPSA) is 99.0 Å². The Kier molecular flexibility index (Phi) is 4.83. The molecule has 0 bridgehead atoms. The fraction of sp³-hybridized carbons (Fsp3) is 0.250. The first-order chi connectivity index (χ1) is 10.0. The third kappa shape index (κ3) is 4.53. The molecule has 0 saturated heterocycles. The molecule has 0 saturated carbocycles. The van der Waals surface area contributed by atoms with Crippen LogP contribution in [0.5, 0.6) is 0 Å². The molecule has 1 aromatic heterocycles. The van der Waals surface area contributed by atoms with E-state index in [0.717, 1.165) is 5.56 Å². The number of aryl methyl sites for hydroxylation is 1. The first-order valence-electron chi connectivity index (χ1n) is 5.97. The molecule has 0 spiro atoms. The average molecular weight is 310 g/mol. The van der Waals surface area contributed by atoms with Crippen LogP contribution in [-0.4, -0.2) is 38.7 Å². The van der Waals surface area contributed by atoms with E-state index in [1.54, 1.807) is 18.2 Å². The van der Waals surface area contributed by atoms with Crippen molar-refractivity contribution in [2.45, 2.75) is 13.5 Å². The summed E-state index contributed by atoms with van der Waals surface area (Å²) >= 11 is 5.95. The van der Waals surface area contributed by atoms with E-state index in [1.807, 2.05) is 6.92 Å². The molecule has 0 radical (unpaired) electrons. The zero-order valence-corrected chi connectivity index (χ0v) is 11.9. The first kappa shape index (κ1) is 14.9. The predicted octanol–water partition coefficient (Wildman–Crippen LogP) is 0.817. The third-order valence-corrected chi connectivity index (χ3v) is 2.91. The molecule has 2 rings (SSSR count). The highest BCUT2D eigenvalue weighted by Gasteiger charge is 2.09. The number of aromatic nitrogens is 4. The van der Waals surface area contributed by atoms with Gasteiger partial charge in [0.1, 0.15) is 12.9 Å². The highest BCUT2D eigenvalue weighted by molar-refractivity contribution is 6.31. The second kappa shape index (κ2) is 6.80. The molecule has 0 atom stereocenters. The van der Waals surface area contributed by atoms with Crippen LogP contribution in [-0.2, 0) is 20.9 Å². The number of amides is 1. The van der Waals surface area contributed by atoms with Crippen molar-refractivity contribution in [3.05, 3.63) is 35.1 Å². The van der Waals surface area contributed by atoms with Crippen LogP contribution < -0.4 is 5.32 Å². The van der Waals surface area contributed by atoms with Crippen LogP contribution in [0.4, 0.5) is 5.69 Å². The Morgan fingerprint density at radius 3 is 2.90 bits per heavy atom. The van der Waals surface area contributed by atoms with Crippen LogP contribution >= 0.6 is 11.6 Å². The minimum atomic E-state index is -0.612. The van der Waals surface area contributed by atoms with Gasteiger partial charge in [-0.25, -0.2) is 4.68 Å². The van der Waals surface area contributed by atoms with E-state index in [-0.39, 0.29) is 6.54 Å². The summed E-state index contributed by atoms with van der Waals surface area (Å²) in [7, 11) is 0. The summed E-state index contributed by atoms with van der Waals surface area (Å²) in [5.74, 6) is -1.07. The number of carbonyl (C=O) groups is 2. The Morgan fingerprint density at radius 2 is 2.24 bits per heavy atom. The molecule has 1 aromatic carbocycles. The molecule has 0 aliphatic rings. The Balaban J connectivity index is 1.79. The largest absolute Gasteiger partial charge is 0.454 e. The molecule has 0 fully saturated rings. The molecule has 0 aliphatic heterocycles. The van der Waals surface area contributed by atoms with Crippen LogP contribution in [0.25, 0.3) is 0 Å². The van der Waals surface area contributed by atoms with E-state index in [4.69, 9.17) is 16.3 Å². The minimum Gasteiger partial charge on any atom is -0.454 e. The van der Waals surface area contributed by atoms with E-state index < -0.39 is 18.5 Å². The lowest BCUT2D eigenvalue weighted by Crippen LogP contribution is -2.23. The van der Waals surface area contributed by atoms with Crippen molar-refractivity contribution in [1.29, 1.82) is 0 Å². The number of nitrogens with one attached hydrogen (secondary N) is 1. The summed E-state index contributed by atoms with van der Waals surface area (Å²) < 4.78 is 6.00.